The summed E-state index contributed by atoms with van der Waals surface area (Å²) in [6, 6.07) is 7.10. The molecule has 1 aromatic heterocycles. The van der Waals surface area contributed by atoms with E-state index >= 15 is 0 Å². The summed E-state index contributed by atoms with van der Waals surface area (Å²) in [5, 5.41) is 0.637. The van der Waals surface area contributed by atoms with E-state index in [2.05, 4.69) is 21.4 Å². The Kier molecular flexibility index (Phi) is 5.04. The summed E-state index contributed by atoms with van der Waals surface area (Å²) in [6.07, 6.45) is 0. The van der Waals surface area contributed by atoms with Gasteiger partial charge in [-0.25, -0.2) is 5.84 Å². The van der Waals surface area contributed by atoms with Gasteiger partial charge in [-0.15, -0.1) is 11.3 Å². The molecule has 0 aliphatic carbocycles. The van der Waals surface area contributed by atoms with Gasteiger partial charge in [-0.2, -0.15) is 0 Å². The molecule has 20 heavy (non-hydrogen) atoms. The number of rotatable bonds is 4. The number of hydrogen-bond donors (Lipinski definition) is 2. The highest BCUT2D eigenvalue weighted by molar-refractivity contribution is 9.10. The average Bonchev–Trinajstić information content (AvgIpc) is 2.78. The second kappa shape index (κ2) is 6.58. The monoisotopic (exact) mass is 374 g/mol. The van der Waals surface area contributed by atoms with Gasteiger partial charge in [0.15, 0.2) is 0 Å². The molecule has 1 aromatic carbocycles. The largest absolute Gasteiger partial charge is 0.488 e. The Bertz CT molecular complexity index is 645. The Morgan fingerprint density at radius 3 is 2.90 bits per heavy atom. The minimum absolute atomic E-state index is 0.294. The zero-order valence-corrected chi connectivity index (χ0v) is 13.7. The maximum absolute atomic E-state index is 11.5. The summed E-state index contributed by atoms with van der Waals surface area (Å²) in [5.74, 6) is 5.52. The Hall–Kier alpha value is -1.08. The van der Waals surface area contributed by atoms with Crippen LogP contribution in [0.3, 0.4) is 0 Å². The highest BCUT2D eigenvalue weighted by Crippen LogP contribution is 2.30. The lowest BCUT2D eigenvalue weighted by Gasteiger charge is -2.08. The Morgan fingerprint density at radius 2 is 2.25 bits per heavy atom. The number of nitrogens with two attached hydrogens (primary N) is 1. The van der Waals surface area contributed by atoms with Crippen LogP contribution in [0.2, 0.25) is 5.02 Å². The van der Waals surface area contributed by atoms with Crippen LogP contribution in [0, 0.1) is 6.92 Å². The molecular formula is C13H12BrClN2O2S. The van der Waals surface area contributed by atoms with E-state index in [0.29, 0.717) is 22.3 Å². The lowest BCUT2D eigenvalue weighted by Crippen LogP contribution is -2.29. The molecule has 106 valence electrons. The molecule has 0 atom stereocenters. The van der Waals surface area contributed by atoms with Gasteiger partial charge >= 0.3 is 0 Å². The maximum atomic E-state index is 11.5. The van der Waals surface area contributed by atoms with Gasteiger partial charge in [0.25, 0.3) is 5.91 Å². The van der Waals surface area contributed by atoms with Crippen molar-refractivity contribution in [3.05, 3.63) is 49.1 Å². The quantitative estimate of drug-likeness (QED) is 0.487. The Morgan fingerprint density at radius 1 is 1.50 bits per heavy atom. The fraction of sp³-hybridized carbons (Fsp3) is 0.154. The summed E-state index contributed by atoms with van der Waals surface area (Å²) in [5.41, 5.74) is 3.07. The lowest BCUT2D eigenvalue weighted by atomic mass is 10.2. The van der Waals surface area contributed by atoms with E-state index in [4.69, 9.17) is 22.2 Å². The van der Waals surface area contributed by atoms with E-state index in [-0.39, 0.29) is 5.91 Å². The lowest BCUT2D eigenvalue weighted by molar-refractivity contribution is 0.0957. The fourth-order valence-electron chi connectivity index (χ4n) is 1.59. The third kappa shape index (κ3) is 3.52. The van der Waals surface area contributed by atoms with Gasteiger partial charge < -0.3 is 4.74 Å². The second-order valence-electron chi connectivity index (χ2n) is 4.03. The minimum atomic E-state index is -0.294. The molecule has 0 unspecified atom stereocenters. The van der Waals surface area contributed by atoms with Gasteiger partial charge in [-0.3, -0.25) is 10.2 Å². The van der Waals surface area contributed by atoms with Gasteiger partial charge in [0.05, 0.1) is 9.35 Å². The first kappa shape index (κ1) is 15.3. The van der Waals surface area contributed by atoms with Crippen molar-refractivity contribution in [2.24, 2.45) is 5.84 Å². The van der Waals surface area contributed by atoms with Crippen LogP contribution < -0.4 is 16.0 Å². The maximum Gasteiger partial charge on any atom is 0.275 e. The molecule has 1 heterocycles. The summed E-state index contributed by atoms with van der Waals surface area (Å²) >= 11 is 10.6. The summed E-state index contributed by atoms with van der Waals surface area (Å²) in [4.78, 5) is 13.0. The zero-order valence-electron chi connectivity index (χ0n) is 10.6. The van der Waals surface area contributed by atoms with Crippen molar-refractivity contribution in [1.29, 1.82) is 0 Å². The molecular weight excluding hydrogens is 364 g/mol. The first-order chi connectivity index (χ1) is 9.51. The van der Waals surface area contributed by atoms with Gasteiger partial charge in [0.1, 0.15) is 12.4 Å². The average molecular weight is 376 g/mol. The number of carbonyl (C=O) groups excluding carboxylic acids is 1. The third-order valence-corrected chi connectivity index (χ3v) is 4.60. The number of ether oxygens (including phenoxy) is 1. The van der Waals surface area contributed by atoms with Crippen molar-refractivity contribution in [3.8, 4) is 5.75 Å². The molecule has 4 nitrogen and oxygen atoms in total. The summed E-state index contributed by atoms with van der Waals surface area (Å²) in [6.45, 7) is 2.31. The minimum Gasteiger partial charge on any atom is -0.488 e. The molecule has 3 N–H and O–H groups in total. The molecule has 0 aliphatic heterocycles. The predicted octanol–water partition coefficient (Wildman–Crippen LogP) is 3.65. The van der Waals surface area contributed by atoms with Crippen molar-refractivity contribution in [2.45, 2.75) is 13.5 Å². The first-order valence-corrected chi connectivity index (χ1v) is 7.68. The van der Waals surface area contributed by atoms with Crippen molar-refractivity contribution in [2.75, 3.05) is 0 Å². The number of nitrogens with one attached hydrogen (secondary N) is 1. The molecule has 0 saturated carbocycles. The van der Waals surface area contributed by atoms with Crippen LogP contribution in [-0.4, -0.2) is 5.91 Å². The van der Waals surface area contributed by atoms with Crippen LogP contribution >= 0.6 is 38.9 Å². The standard InChI is InChI=1S/C13H12BrClN2O2S/c1-7-8(4-12(20-7)13(18)17-16)6-19-11-3-2-9(15)5-10(11)14/h2-5H,6,16H2,1H3,(H,17,18). The van der Waals surface area contributed by atoms with Gasteiger partial charge in [-0.1, -0.05) is 11.6 Å². The summed E-state index contributed by atoms with van der Waals surface area (Å²) < 4.78 is 6.51. The SMILES string of the molecule is Cc1sc(C(=O)NN)cc1COc1ccc(Cl)cc1Br. The molecule has 2 rings (SSSR count). The number of benzene rings is 1. The van der Waals surface area contributed by atoms with Crippen LogP contribution in [0.1, 0.15) is 20.1 Å². The van der Waals surface area contributed by atoms with Crippen molar-refractivity contribution in [3.63, 3.8) is 0 Å². The van der Waals surface area contributed by atoms with Crippen LogP contribution in [0.15, 0.2) is 28.7 Å². The van der Waals surface area contributed by atoms with Gasteiger partial charge in [-0.05, 0) is 47.1 Å². The highest BCUT2D eigenvalue weighted by Gasteiger charge is 2.12. The topological polar surface area (TPSA) is 64.4 Å². The summed E-state index contributed by atoms with van der Waals surface area (Å²) in [7, 11) is 0. The van der Waals surface area contributed by atoms with Crippen molar-refractivity contribution >= 4 is 44.8 Å². The van der Waals surface area contributed by atoms with E-state index in [1.165, 1.54) is 11.3 Å². The molecule has 1 amide bonds. The van der Waals surface area contributed by atoms with Crippen molar-refractivity contribution in [1.82, 2.24) is 5.43 Å². The number of hydrazine groups is 1. The number of amides is 1. The van der Waals surface area contributed by atoms with Crippen molar-refractivity contribution < 1.29 is 9.53 Å². The van der Waals surface area contributed by atoms with Gasteiger partial charge in [0, 0.05) is 15.5 Å². The molecule has 0 radical (unpaired) electrons. The van der Waals surface area contributed by atoms with E-state index in [0.717, 1.165) is 14.9 Å². The normalized spacial score (nSPS) is 10.4. The molecule has 0 aliphatic rings. The molecule has 0 spiro atoms. The molecule has 0 saturated heterocycles. The Labute approximate surface area is 134 Å². The van der Waals surface area contributed by atoms with E-state index in [1.807, 2.05) is 6.92 Å². The van der Waals surface area contributed by atoms with Crippen LogP contribution in [0.5, 0.6) is 5.75 Å². The second-order valence-corrected chi connectivity index (χ2v) is 6.58. The van der Waals surface area contributed by atoms with Gasteiger partial charge in [0.2, 0.25) is 0 Å². The van der Waals surface area contributed by atoms with Crippen LogP contribution in [0.4, 0.5) is 0 Å². The number of aryl methyl sites for hydroxylation is 1. The fourth-order valence-corrected chi connectivity index (χ4v) is 3.32. The van der Waals surface area contributed by atoms with Crippen LogP contribution in [0.25, 0.3) is 0 Å². The number of nitrogen functional groups attached to an aromatic ring is 1. The van der Waals surface area contributed by atoms with Crippen LogP contribution in [-0.2, 0) is 6.61 Å². The highest BCUT2D eigenvalue weighted by atomic mass is 79.9. The smallest absolute Gasteiger partial charge is 0.275 e. The number of thiophene rings is 1. The zero-order chi connectivity index (χ0) is 14.7. The molecule has 0 bridgehead atoms. The van der Waals surface area contributed by atoms with E-state index in [1.54, 1.807) is 24.3 Å². The predicted molar refractivity (Wildman–Crippen MR) is 84.2 cm³/mol. The Balaban J connectivity index is 2.11. The van der Waals surface area contributed by atoms with E-state index in [9.17, 15) is 4.79 Å². The molecule has 0 fully saturated rings. The van der Waals surface area contributed by atoms with E-state index < -0.39 is 0 Å². The number of carbonyl (C=O) groups is 1. The number of halogens is 2. The molecule has 2 aromatic rings. The molecule has 7 heteroatoms. The number of hydrogen-bond acceptors (Lipinski definition) is 4. The third-order valence-electron chi connectivity index (χ3n) is 2.65. The first-order valence-electron chi connectivity index (χ1n) is 5.69.